The highest BCUT2D eigenvalue weighted by molar-refractivity contribution is 6.31. The van der Waals surface area contributed by atoms with E-state index in [0.717, 1.165) is 16.6 Å². The molecule has 0 amide bonds. The fourth-order valence-corrected chi connectivity index (χ4v) is 2.65. The van der Waals surface area contributed by atoms with Crippen molar-refractivity contribution in [1.82, 2.24) is 9.97 Å². The molecule has 0 atom stereocenters. The van der Waals surface area contributed by atoms with E-state index in [9.17, 15) is 4.39 Å². The Hall–Kier alpha value is -2.44. The number of aromatic nitrogens is 2. The molecule has 7 heteroatoms. The van der Waals surface area contributed by atoms with Gasteiger partial charge in [0, 0.05) is 23.3 Å². The highest BCUT2D eigenvalue weighted by Crippen LogP contribution is 2.27. The molecule has 5 nitrogen and oxygen atoms in total. The van der Waals surface area contributed by atoms with Crippen molar-refractivity contribution in [2.75, 3.05) is 23.8 Å². The van der Waals surface area contributed by atoms with Crippen molar-refractivity contribution >= 4 is 39.7 Å². The maximum Gasteiger partial charge on any atom is 0.141 e. The fraction of sp³-hybridized carbons (Fsp3) is 0.263. The lowest BCUT2D eigenvalue weighted by Gasteiger charge is -2.12. The van der Waals surface area contributed by atoms with Gasteiger partial charge in [0.2, 0.25) is 0 Å². The van der Waals surface area contributed by atoms with Gasteiger partial charge in [0.05, 0.1) is 23.3 Å². The number of halogens is 2. The molecule has 2 aromatic carbocycles. The topological polar surface area (TPSA) is 59.1 Å². The van der Waals surface area contributed by atoms with Crippen LogP contribution in [0.3, 0.4) is 0 Å². The van der Waals surface area contributed by atoms with Crippen LogP contribution in [0.1, 0.15) is 13.8 Å². The maximum atomic E-state index is 13.3. The minimum absolute atomic E-state index is 0.0564. The van der Waals surface area contributed by atoms with Crippen LogP contribution in [-0.2, 0) is 4.74 Å². The smallest absolute Gasteiger partial charge is 0.141 e. The van der Waals surface area contributed by atoms with Crippen molar-refractivity contribution in [3.05, 3.63) is 53.6 Å². The van der Waals surface area contributed by atoms with E-state index >= 15 is 0 Å². The maximum absolute atomic E-state index is 13.3. The highest BCUT2D eigenvalue weighted by Gasteiger charge is 2.07. The Morgan fingerprint density at radius 1 is 1.12 bits per heavy atom. The molecule has 0 radical (unpaired) electrons. The Kier molecular flexibility index (Phi) is 5.85. The SMILES string of the molecule is CC(C)OCCNc1ccc2ncnc(Nc3ccc(F)c(Cl)c3)c2c1. The fourth-order valence-electron chi connectivity index (χ4n) is 2.47. The summed E-state index contributed by atoms with van der Waals surface area (Å²) in [4.78, 5) is 8.59. The van der Waals surface area contributed by atoms with Crippen LogP contribution in [0.15, 0.2) is 42.7 Å². The minimum Gasteiger partial charge on any atom is -0.383 e. The van der Waals surface area contributed by atoms with Crippen LogP contribution in [-0.4, -0.2) is 29.2 Å². The van der Waals surface area contributed by atoms with Gasteiger partial charge in [0.25, 0.3) is 0 Å². The Bertz CT molecular complexity index is 904. The molecule has 0 fully saturated rings. The molecule has 3 aromatic rings. The molecule has 1 aromatic heterocycles. The summed E-state index contributed by atoms with van der Waals surface area (Å²) in [5.41, 5.74) is 2.40. The number of ether oxygens (including phenoxy) is 1. The molecule has 136 valence electrons. The lowest BCUT2D eigenvalue weighted by Crippen LogP contribution is -2.13. The van der Waals surface area contributed by atoms with E-state index in [0.29, 0.717) is 24.7 Å². The van der Waals surface area contributed by atoms with Gasteiger partial charge in [-0.3, -0.25) is 0 Å². The van der Waals surface area contributed by atoms with Gasteiger partial charge in [-0.1, -0.05) is 11.6 Å². The number of nitrogens with zero attached hydrogens (tertiary/aromatic N) is 2. The number of fused-ring (bicyclic) bond motifs is 1. The number of rotatable bonds is 7. The third kappa shape index (κ3) is 4.59. The van der Waals surface area contributed by atoms with Crippen LogP contribution in [0.2, 0.25) is 5.02 Å². The Balaban J connectivity index is 1.81. The second-order valence-electron chi connectivity index (χ2n) is 6.05. The summed E-state index contributed by atoms with van der Waals surface area (Å²) in [6.07, 6.45) is 1.69. The quantitative estimate of drug-likeness (QED) is 0.570. The first-order chi connectivity index (χ1) is 12.5. The van der Waals surface area contributed by atoms with Crippen LogP contribution in [0, 0.1) is 5.82 Å². The molecule has 2 N–H and O–H groups in total. The Morgan fingerprint density at radius 2 is 1.92 bits per heavy atom. The van der Waals surface area contributed by atoms with Gasteiger partial charge < -0.3 is 15.4 Å². The lowest BCUT2D eigenvalue weighted by molar-refractivity contribution is 0.0870. The number of hydrogen-bond acceptors (Lipinski definition) is 5. The monoisotopic (exact) mass is 374 g/mol. The van der Waals surface area contributed by atoms with Crippen LogP contribution < -0.4 is 10.6 Å². The van der Waals surface area contributed by atoms with Gasteiger partial charge in [-0.05, 0) is 50.2 Å². The van der Waals surface area contributed by atoms with E-state index in [1.165, 1.54) is 18.5 Å². The van der Waals surface area contributed by atoms with Gasteiger partial charge in [-0.25, -0.2) is 14.4 Å². The zero-order valence-corrected chi connectivity index (χ0v) is 15.3. The molecule has 1 heterocycles. The van der Waals surface area contributed by atoms with Crippen LogP contribution in [0.25, 0.3) is 10.9 Å². The summed E-state index contributed by atoms with van der Waals surface area (Å²) in [7, 11) is 0. The summed E-state index contributed by atoms with van der Waals surface area (Å²) in [5.74, 6) is 0.166. The average Bonchev–Trinajstić information content (AvgIpc) is 2.62. The summed E-state index contributed by atoms with van der Waals surface area (Å²) < 4.78 is 18.9. The number of benzene rings is 2. The lowest BCUT2D eigenvalue weighted by atomic mass is 10.2. The first kappa shape index (κ1) is 18.4. The molecule has 0 unspecified atom stereocenters. The average molecular weight is 375 g/mol. The van der Waals surface area contributed by atoms with E-state index in [-0.39, 0.29) is 11.1 Å². The first-order valence-corrected chi connectivity index (χ1v) is 8.73. The Labute approximate surface area is 156 Å². The van der Waals surface area contributed by atoms with Gasteiger partial charge in [0.1, 0.15) is 18.0 Å². The summed E-state index contributed by atoms with van der Waals surface area (Å²) in [5, 5.41) is 7.40. The normalized spacial score (nSPS) is 11.1. The highest BCUT2D eigenvalue weighted by atomic mass is 35.5. The van der Waals surface area contributed by atoms with E-state index in [1.54, 1.807) is 6.07 Å². The van der Waals surface area contributed by atoms with Crippen molar-refractivity contribution in [3.63, 3.8) is 0 Å². The van der Waals surface area contributed by atoms with Crippen LogP contribution in [0.5, 0.6) is 0 Å². The van der Waals surface area contributed by atoms with E-state index in [1.807, 2.05) is 32.0 Å². The number of anilines is 3. The van der Waals surface area contributed by atoms with Crippen molar-refractivity contribution in [3.8, 4) is 0 Å². The third-order valence-electron chi connectivity index (χ3n) is 3.70. The van der Waals surface area contributed by atoms with Crippen molar-refractivity contribution in [2.24, 2.45) is 0 Å². The molecule has 0 saturated heterocycles. The summed E-state index contributed by atoms with van der Waals surface area (Å²) in [6, 6.07) is 10.3. The predicted molar refractivity (Wildman–Crippen MR) is 104 cm³/mol. The third-order valence-corrected chi connectivity index (χ3v) is 3.99. The molecule has 0 saturated carbocycles. The molecule has 3 rings (SSSR count). The number of hydrogen-bond donors (Lipinski definition) is 2. The molecule has 0 spiro atoms. The molecule has 0 aliphatic carbocycles. The van der Waals surface area contributed by atoms with E-state index in [4.69, 9.17) is 16.3 Å². The zero-order chi connectivity index (χ0) is 18.5. The predicted octanol–water partition coefficient (Wildman–Crippen LogP) is 5.00. The largest absolute Gasteiger partial charge is 0.383 e. The van der Waals surface area contributed by atoms with Gasteiger partial charge in [-0.2, -0.15) is 0 Å². The van der Waals surface area contributed by atoms with Crippen molar-refractivity contribution < 1.29 is 9.13 Å². The van der Waals surface area contributed by atoms with Crippen molar-refractivity contribution in [2.45, 2.75) is 20.0 Å². The van der Waals surface area contributed by atoms with E-state index < -0.39 is 5.82 Å². The van der Waals surface area contributed by atoms with Crippen molar-refractivity contribution in [1.29, 1.82) is 0 Å². The standard InChI is InChI=1S/C19H20ClFN4O/c1-12(2)26-8-7-22-13-4-6-18-15(9-13)19(24-11-23-18)25-14-3-5-17(21)16(20)10-14/h3-6,9-12,22H,7-8H2,1-2H3,(H,23,24,25). The molecular weight excluding hydrogens is 355 g/mol. The van der Waals surface area contributed by atoms with E-state index in [2.05, 4.69) is 20.6 Å². The summed E-state index contributed by atoms with van der Waals surface area (Å²) >= 11 is 5.85. The van der Waals surface area contributed by atoms with Gasteiger partial charge in [0.15, 0.2) is 0 Å². The summed E-state index contributed by atoms with van der Waals surface area (Å²) in [6.45, 7) is 5.34. The van der Waals surface area contributed by atoms with Crippen LogP contribution >= 0.6 is 11.6 Å². The molecular formula is C19H20ClFN4O. The molecule has 0 aliphatic heterocycles. The molecule has 0 bridgehead atoms. The minimum atomic E-state index is -0.458. The second kappa shape index (κ2) is 8.29. The Morgan fingerprint density at radius 3 is 2.69 bits per heavy atom. The second-order valence-corrected chi connectivity index (χ2v) is 6.46. The first-order valence-electron chi connectivity index (χ1n) is 8.35. The van der Waals surface area contributed by atoms with Gasteiger partial charge in [-0.15, -0.1) is 0 Å². The molecule has 26 heavy (non-hydrogen) atoms. The van der Waals surface area contributed by atoms with Crippen LogP contribution in [0.4, 0.5) is 21.6 Å². The molecule has 0 aliphatic rings. The number of nitrogens with one attached hydrogen (secondary N) is 2. The zero-order valence-electron chi connectivity index (χ0n) is 14.6. The van der Waals surface area contributed by atoms with Gasteiger partial charge >= 0.3 is 0 Å².